The molecule has 2 rings (SSSR count). The van der Waals surface area contributed by atoms with Gasteiger partial charge in [-0.05, 0) is 36.6 Å². The lowest BCUT2D eigenvalue weighted by Gasteiger charge is -2.05. The smallest absolute Gasteiger partial charge is 0.328 e. The van der Waals surface area contributed by atoms with Crippen molar-refractivity contribution in [1.82, 2.24) is 4.72 Å². The highest BCUT2D eigenvalue weighted by molar-refractivity contribution is 7.89. The highest BCUT2D eigenvalue weighted by atomic mass is 32.2. The van der Waals surface area contributed by atoms with Crippen LogP contribution in [0.5, 0.6) is 0 Å². The van der Waals surface area contributed by atoms with Crippen molar-refractivity contribution in [3.63, 3.8) is 0 Å². The summed E-state index contributed by atoms with van der Waals surface area (Å²) in [4.78, 5) is 10.5. The lowest BCUT2D eigenvalue weighted by Crippen LogP contribution is -2.25. The fourth-order valence-electron chi connectivity index (χ4n) is 1.44. The van der Waals surface area contributed by atoms with Crippen molar-refractivity contribution < 1.29 is 18.3 Å². The zero-order valence-electron chi connectivity index (χ0n) is 9.54. The predicted molar refractivity (Wildman–Crippen MR) is 66.5 cm³/mol. The summed E-state index contributed by atoms with van der Waals surface area (Å²) < 4.78 is 26.4. The summed E-state index contributed by atoms with van der Waals surface area (Å²) in [6.45, 7) is 0. The Morgan fingerprint density at radius 1 is 1.39 bits per heavy atom. The third kappa shape index (κ3) is 3.41. The molecule has 0 heterocycles. The first-order valence-electron chi connectivity index (χ1n) is 5.51. The summed E-state index contributed by atoms with van der Waals surface area (Å²) in [5, 5.41) is 8.51. The van der Waals surface area contributed by atoms with E-state index in [0.29, 0.717) is 5.56 Å². The molecular weight excluding hydrogens is 254 g/mol. The summed E-state index contributed by atoms with van der Waals surface area (Å²) in [5.41, 5.74) is 0.538. The maximum absolute atomic E-state index is 11.9. The van der Waals surface area contributed by atoms with Gasteiger partial charge >= 0.3 is 5.97 Å². The quantitative estimate of drug-likeness (QED) is 0.786. The Morgan fingerprint density at radius 2 is 2.11 bits per heavy atom. The van der Waals surface area contributed by atoms with Crippen LogP contribution >= 0.6 is 0 Å². The van der Waals surface area contributed by atoms with Gasteiger partial charge in [-0.15, -0.1) is 0 Å². The molecule has 1 aromatic carbocycles. The largest absolute Gasteiger partial charge is 0.478 e. The molecule has 0 radical (unpaired) electrons. The van der Waals surface area contributed by atoms with Crippen molar-refractivity contribution in [2.75, 3.05) is 0 Å². The number of nitrogens with one attached hydrogen (secondary N) is 1. The number of carboxylic acids is 1. The van der Waals surface area contributed by atoms with Crippen LogP contribution in [0, 0.1) is 0 Å². The Kier molecular flexibility index (Phi) is 3.49. The van der Waals surface area contributed by atoms with Gasteiger partial charge < -0.3 is 5.11 Å². The van der Waals surface area contributed by atoms with Gasteiger partial charge in [-0.1, -0.05) is 12.1 Å². The average molecular weight is 267 g/mol. The van der Waals surface area contributed by atoms with Gasteiger partial charge in [-0.25, -0.2) is 17.9 Å². The third-order valence-corrected chi connectivity index (χ3v) is 4.00. The molecule has 0 aliphatic heterocycles. The first-order chi connectivity index (χ1) is 8.47. The van der Waals surface area contributed by atoms with E-state index in [2.05, 4.69) is 4.72 Å². The zero-order valence-corrected chi connectivity index (χ0v) is 10.4. The van der Waals surface area contributed by atoms with E-state index in [4.69, 9.17) is 5.11 Å². The molecule has 0 bridgehead atoms. The maximum Gasteiger partial charge on any atom is 0.328 e. The van der Waals surface area contributed by atoms with Crippen LogP contribution in [0.3, 0.4) is 0 Å². The van der Waals surface area contributed by atoms with Gasteiger partial charge in [0.25, 0.3) is 0 Å². The van der Waals surface area contributed by atoms with Gasteiger partial charge in [0.1, 0.15) is 0 Å². The maximum atomic E-state index is 11.9. The second-order valence-electron chi connectivity index (χ2n) is 4.14. The number of sulfonamides is 1. The summed E-state index contributed by atoms with van der Waals surface area (Å²) in [6, 6.07) is 6.22. The van der Waals surface area contributed by atoms with E-state index in [1.165, 1.54) is 18.2 Å². The first kappa shape index (κ1) is 12.8. The number of rotatable bonds is 5. The number of carboxylic acid groups (broad SMARTS) is 1. The molecule has 6 heteroatoms. The van der Waals surface area contributed by atoms with Gasteiger partial charge in [-0.2, -0.15) is 0 Å². The second-order valence-corrected chi connectivity index (χ2v) is 5.85. The minimum Gasteiger partial charge on any atom is -0.478 e. The van der Waals surface area contributed by atoms with Crippen LogP contribution in [-0.2, 0) is 14.8 Å². The van der Waals surface area contributed by atoms with Crippen molar-refractivity contribution in [3.05, 3.63) is 35.9 Å². The normalized spacial score (nSPS) is 16.0. The van der Waals surface area contributed by atoms with Crippen LogP contribution in [0.4, 0.5) is 0 Å². The van der Waals surface area contributed by atoms with Crippen molar-refractivity contribution in [1.29, 1.82) is 0 Å². The first-order valence-corrected chi connectivity index (χ1v) is 6.99. The summed E-state index contributed by atoms with van der Waals surface area (Å²) in [5.74, 6) is -1.07. The van der Waals surface area contributed by atoms with Crippen molar-refractivity contribution in [2.24, 2.45) is 0 Å². The predicted octanol–water partition coefficient (Wildman–Crippen LogP) is 1.23. The summed E-state index contributed by atoms with van der Waals surface area (Å²) in [7, 11) is -3.49. The minimum absolute atomic E-state index is 0.0493. The van der Waals surface area contributed by atoms with Gasteiger partial charge in [0.15, 0.2) is 0 Å². The monoisotopic (exact) mass is 267 g/mol. The van der Waals surface area contributed by atoms with E-state index in [-0.39, 0.29) is 10.9 Å². The van der Waals surface area contributed by atoms with Crippen LogP contribution in [-0.4, -0.2) is 25.5 Å². The van der Waals surface area contributed by atoms with E-state index in [1.54, 1.807) is 12.1 Å². The Hall–Kier alpha value is -1.66. The van der Waals surface area contributed by atoms with E-state index < -0.39 is 16.0 Å². The highest BCUT2D eigenvalue weighted by Crippen LogP contribution is 2.22. The van der Waals surface area contributed by atoms with Crippen LogP contribution in [0.25, 0.3) is 6.08 Å². The SMILES string of the molecule is O=C(O)/C=C/c1cccc(S(=O)(=O)NC2CC2)c1. The van der Waals surface area contributed by atoms with Gasteiger partial charge in [0.2, 0.25) is 10.0 Å². The number of hydrogen-bond donors (Lipinski definition) is 2. The molecule has 0 atom stereocenters. The van der Waals surface area contributed by atoms with Crippen LogP contribution in [0.2, 0.25) is 0 Å². The molecule has 18 heavy (non-hydrogen) atoms. The Balaban J connectivity index is 2.23. The summed E-state index contributed by atoms with van der Waals surface area (Å²) >= 11 is 0. The fourth-order valence-corrected chi connectivity index (χ4v) is 2.80. The molecule has 1 fully saturated rings. The molecule has 1 aromatic rings. The molecule has 1 aliphatic carbocycles. The average Bonchev–Trinajstić information content (AvgIpc) is 3.10. The Bertz CT molecular complexity index is 588. The van der Waals surface area contributed by atoms with Crippen molar-refractivity contribution >= 4 is 22.1 Å². The van der Waals surface area contributed by atoms with Gasteiger partial charge in [0.05, 0.1) is 4.90 Å². The number of benzene rings is 1. The number of hydrogen-bond acceptors (Lipinski definition) is 3. The van der Waals surface area contributed by atoms with Gasteiger partial charge in [-0.3, -0.25) is 0 Å². The van der Waals surface area contributed by atoms with E-state index in [1.807, 2.05) is 0 Å². The molecule has 5 nitrogen and oxygen atoms in total. The molecule has 0 unspecified atom stereocenters. The van der Waals surface area contributed by atoms with Crippen LogP contribution < -0.4 is 4.72 Å². The standard InChI is InChI=1S/C12H13NO4S/c14-12(15)7-4-9-2-1-3-11(8-9)18(16,17)13-10-5-6-10/h1-4,7-8,10,13H,5-6H2,(H,14,15)/b7-4+. The van der Waals surface area contributed by atoms with E-state index in [9.17, 15) is 13.2 Å². The Morgan fingerprint density at radius 3 is 2.72 bits per heavy atom. The highest BCUT2D eigenvalue weighted by Gasteiger charge is 2.27. The minimum atomic E-state index is -3.49. The molecule has 96 valence electrons. The lowest BCUT2D eigenvalue weighted by molar-refractivity contribution is -0.131. The van der Waals surface area contributed by atoms with Crippen LogP contribution in [0.1, 0.15) is 18.4 Å². The topological polar surface area (TPSA) is 83.5 Å². The lowest BCUT2D eigenvalue weighted by atomic mass is 10.2. The summed E-state index contributed by atoms with van der Waals surface area (Å²) in [6.07, 6.45) is 4.08. The molecule has 2 N–H and O–H groups in total. The molecule has 1 saturated carbocycles. The zero-order chi connectivity index (χ0) is 13.2. The fraction of sp³-hybridized carbons (Fsp3) is 0.250. The molecule has 0 saturated heterocycles. The molecule has 0 aromatic heterocycles. The molecule has 0 spiro atoms. The third-order valence-electron chi connectivity index (χ3n) is 2.49. The molecule has 1 aliphatic rings. The molecular formula is C12H13NO4S. The van der Waals surface area contributed by atoms with Crippen LogP contribution in [0.15, 0.2) is 35.2 Å². The van der Waals surface area contributed by atoms with Gasteiger partial charge in [0, 0.05) is 12.1 Å². The number of aliphatic carboxylic acids is 1. The Labute approximate surface area is 105 Å². The number of carbonyl (C=O) groups is 1. The van der Waals surface area contributed by atoms with Crippen molar-refractivity contribution in [2.45, 2.75) is 23.8 Å². The van der Waals surface area contributed by atoms with E-state index in [0.717, 1.165) is 18.9 Å². The van der Waals surface area contributed by atoms with E-state index >= 15 is 0 Å². The molecule has 0 amide bonds. The van der Waals surface area contributed by atoms with Crippen molar-refractivity contribution in [3.8, 4) is 0 Å². The second kappa shape index (κ2) is 4.91.